The van der Waals surface area contributed by atoms with Crippen LogP contribution in [0.2, 0.25) is 0 Å². The molecule has 1 aromatic heterocycles. The number of para-hydroxylation sites is 1. The van der Waals surface area contributed by atoms with Crippen molar-refractivity contribution in [3.8, 4) is 0 Å². The number of benzene rings is 3. The van der Waals surface area contributed by atoms with Gasteiger partial charge >= 0.3 is 0 Å². The van der Waals surface area contributed by atoms with Gasteiger partial charge in [-0.15, -0.1) is 10.2 Å². The van der Waals surface area contributed by atoms with Crippen molar-refractivity contribution in [3.63, 3.8) is 0 Å². The normalized spacial score (nSPS) is 11.2. The van der Waals surface area contributed by atoms with Gasteiger partial charge in [0.25, 0.3) is 11.6 Å². The summed E-state index contributed by atoms with van der Waals surface area (Å²) in [5, 5.41) is 25.6. The molecule has 1 heterocycles. The number of nitrogens with one attached hydrogen (secondary N) is 1. The molecule has 33 heavy (non-hydrogen) atoms. The van der Waals surface area contributed by atoms with Crippen LogP contribution >= 0.6 is 34.9 Å². The van der Waals surface area contributed by atoms with E-state index in [1.54, 1.807) is 30.0 Å². The predicted molar refractivity (Wildman–Crippen MR) is 133 cm³/mol. The SMILES string of the molecule is O=C(CSc1nnc(SCc2cccc3ccccc23)s1)N/N=C\c1ccccc1[N+](=O)[O-]. The molecule has 0 radical (unpaired) electrons. The largest absolute Gasteiger partial charge is 0.278 e. The molecular weight excluding hydrogens is 478 g/mol. The molecule has 1 amide bonds. The topological polar surface area (TPSA) is 110 Å². The summed E-state index contributed by atoms with van der Waals surface area (Å²) in [6.45, 7) is 0. The molecule has 0 bridgehead atoms. The minimum absolute atomic E-state index is 0.0766. The number of fused-ring (bicyclic) bond motifs is 1. The van der Waals surface area contributed by atoms with Crippen LogP contribution in [0.3, 0.4) is 0 Å². The van der Waals surface area contributed by atoms with E-state index in [2.05, 4.69) is 51.1 Å². The van der Waals surface area contributed by atoms with Gasteiger partial charge in [-0.1, -0.05) is 89.5 Å². The number of carbonyl (C=O) groups is 1. The molecule has 0 saturated heterocycles. The van der Waals surface area contributed by atoms with Gasteiger partial charge in [0.2, 0.25) is 0 Å². The number of aromatic nitrogens is 2. The lowest BCUT2D eigenvalue weighted by Crippen LogP contribution is -2.19. The molecule has 0 aliphatic rings. The van der Waals surface area contributed by atoms with Crippen molar-refractivity contribution in [2.75, 3.05) is 5.75 Å². The summed E-state index contributed by atoms with van der Waals surface area (Å²) in [6.07, 6.45) is 1.26. The Kier molecular flexibility index (Phi) is 7.66. The Balaban J connectivity index is 1.27. The highest BCUT2D eigenvalue weighted by Gasteiger charge is 2.11. The van der Waals surface area contributed by atoms with Crippen molar-refractivity contribution in [3.05, 3.63) is 88.0 Å². The number of nitro benzene ring substituents is 1. The van der Waals surface area contributed by atoms with Gasteiger partial charge in [-0.25, -0.2) is 5.43 Å². The zero-order chi connectivity index (χ0) is 23.0. The van der Waals surface area contributed by atoms with Crippen LogP contribution in [-0.2, 0) is 10.5 Å². The average molecular weight is 496 g/mol. The Morgan fingerprint density at radius 1 is 1.03 bits per heavy atom. The van der Waals surface area contributed by atoms with E-state index in [1.807, 2.05) is 12.1 Å². The van der Waals surface area contributed by atoms with Gasteiger partial charge in [0.1, 0.15) is 0 Å². The minimum Gasteiger partial charge on any atom is -0.272 e. The molecule has 0 saturated carbocycles. The van der Waals surface area contributed by atoms with Crippen molar-refractivity contribution in [2.24, 2.45) is 5.10 Å². The molecule has 1 N–H and O–H groups in total. The van der Waals surface area contributed by atoms with Crippen molar-refractivity contribution in [2.45, 2.75) is 14.4 Å². The van der Waals surface area contributed by atoms with Crippen LogP contribution in [-0.4, -0.2) is 33.0 Å². The number of carbonyl (C=O) groups excluding carboxylic acids is 1. The van der Waals surface area contributed by atoms with Crippen LogP contribution < -0.4 is 5.43 Å². The Bertz CT molecular complexity index is 1320. The highest BCUT2D eigenvalue weighted by atomic mass is 32.2. The molecule has 3 aromatic carbocycles. The molecule has 0 aliphatic heterocycles. The number of hydrogen-bond donors (Lipinski definition) is 1. The van der Waals surface area contributed by atoms with Gasteiger partial charge in [0.05, 0.1) is 22.5 Å². The van der Waals surface area contributed by atoms with Crippen LogP contribution in [0.25, 0.3) is 10.8 Å². The number of hydrogen-bond acceptors (Lipinski definition) is 9. The third-order valence-electron chi connectivity index (χ3n) is 4.47. The van der Waals surface area contributed by atoms with E-state index in [4.69, 9.17) is 0 Å². The fourth-order valence-corrected chi connectivity index (χ4v) is 5.78. The Morgan fingerprint density at radius 3 is 2.61 bits per heavy atom. The van der Waals surface area contributed by atoms with Gasteiger partial charge in [0, 0.05) is 11.8 Å². The maximum atomic E-state index is 12.0. The van der Waals surface area contributed by atoms with Gasteiger partial charge in [-0.2, -0.15) is 5.10 Å². The van der Waals surface area contributed by atoms with Crippen LogP contribution in [0.4, 0.5) is 5.69 Å². The molecule has 0 atom stereocenters. The summed E-state index contributed by atoms with van der Waals surface area (Å²) in [6, 6.07) is 20.7. The highest BCUT2D eigenvalue weighted by Crippen LogP contribution is 2.32. The fraction of sp³-hybridized carbons (Fsp3) is 0.0909. The number of nitro groups is 1. The highest BCUT2D eigenvalue weighted by molar-refractivity contribution is 8.03. The predicted octanol–water partition coefficient (Wildman–Crippen LogP) is 5.13. The lowest BCUT2D eigenvalue weighted by Gasteiger charge is -2.04. The molecule has 0 spiro atoms. The first-order chi connectivity index (χ1) is 16.1. The molecule has 4 rings (SSSR count). The number of amides is 1. The van der Waals surface area contributed by atoms with Crippen molar-refractivity contribution < 1.29 is 9.72 Å². The van der Waals surface area contributed by atoms with Gasteiger partial charge in [0.15, 0.2) is 8.68 Å². The standard InChI is InChI=1S/C22H17N5O3S3/c28-20(24-23-12-16-7-2-4-11-19(16)27(29)30)14-32-22-26-25-21(33-22)31-13-17-9-5-8-15-6-1-3-10-18(15)17/h1-12H,13-14H2,(H,24,28)/b23-12-. The summed E-state index contributed by atoms with van der Waals surface area (Å²) >= 11 is 4.31. The third kappa shape index (κ3) is 6.15. The zero-order valence-corrected chi connectivity index (χ0v) is 19.5. The second-order valence-corrected chi connectivity index (χ2v) is 10.1. The molecule has 0 fully saturated rings. The van der Waals surface area contributed by atoms with Crippen LogP contribution in [0.5, 0.6) is 0 Å². The number of hydrazone groups is 1. The summed E-state index contributed by atoms with van der Waals surface area (Å²) in [5.74, 6) is 0.549. The maximum absolute atomic E-state index is 12.0. The summed E-state index contributed by atoms with van der Waals surface area (Å²) in [4.78, 5) is 22.5. The average Bonchev–Trinajstić information content (AvgIpc) is 3.29. The minimum atomic E-state index is -0.496. The van der Waals surface area contributed by atoms with Crippen molar-refractivity contribution in [1.29, 1.82) is 0 Å². The number of thioether (sulfide) groups is 2. The fourth-order valence-electron chi connectivity index (χ4n) is 2.97. The van der Waals surface area contributed by atoms with E-state index < -0.39 is 4.92 Å². The van der Waals surface area contributed by atoms with Crippen LogP contribution in [0.15, 0.2) is 80.5 Å². The van der Waals surface area contributed by atoms with Crippen LogP contribution in [0, 0.1) is 10.1 Å². The second kappa shape index (κ2) is 11.0. The zero-order valence-electron chi connectivity index (χ0n) is 17.1. The Morgan fingerprint density at radius 2 is 1.76 bits per heavy atom. The van der Waals surface area contributed by atoms with E-state index in [9.17, 15) is 14.9 Å². The van der Waals surface area contributed by atoms with E-state index in [0.717, 1.165) is 10.1 Å². The first-order valence-corrected chi connectivity index (χ1v) is 12.5. The number of rotatable bonds is 9. The van der Waals surface area contributed by atoms with E-state index >= 15 is 0 Å². The summed E-state index contributed by atoms with van der Waals surface area (Å²) in [5.41, 5.74) is 3.85. The first-order valence-electron chi connectivity index (χ1n) is 9.71. The lowest BCUT2D eigenvalue weighted by molar-refractivity contribution is -0.385. The molecule has 166 valence electrons. The quantitative estimate of drug-likeness (QED) is 0.148. The lowest BCUT2D eigenvalue weighted by atomic mass is 10.1. The monoisotopic (exact) mass is 495 g/mol. The summed E-state index contributed by atoms with van der Waals surface area (Å²) in [7, 11) is 0. The number of nitrogens with zero attached hydrogens (tertiary/aromatic N) is 4. The van der Waals surface area contributed by atoms with Crippen LogP contribution in [0.1, 0.15) is 11.1 Å². The third-order valence-corrected chi connectivity index (χ3v) is 7.71. The molecule has 0 unspecified atom stereocenters. The van der Waals surface area contributed by atoms with Gasteiger partial charge < -0.3 is 0 Å². The van der Waals surface area contributed by atoms with E-state index in [1.165, 1.54) is 51.7 Å². The molecular formula is C22H17N5O3S3. The maximum Gasteiger partial charge on any atom is 0.278 e. The van der Waals surface area contributed by atoms with Gasteiger partial charge in [-0.3, -0.25) is 14.9 Å². The van der Waals surface area contributed by atoms with Crippen molar-refractivity contribution in [1.82, 2.24) is 15.6 Å². The smallest absolute Gasteiger partial charge is 0.272 e. The first kappa shape index (κ1) is 22.9. The molecule has 0 aliphatic carbocycles. The van der Waals surface area contributed by atoms with E-state index in [0.29, 0.717) is 9.90 Å². The van der Waals surface area contributed by atoms with Crippen molar-refractivity contribution >= 4 is 63.4 Å². The molecule has 11 heteroatoms. The molecule has 8 nitrogen and oxygen atoms in total. The van der Waals surface area contributed by atoms with E-state index in [-0.39, 0.29) is 17.3 Å². The van der Waals surface area contributed by atoms with Gasteiger partial charge in [-0.05, 0) is 22.4 Å². The molecule has 4 aromatic rings. The summed E-state index contributed by atoms with van der Waals surface area (Å²) < 4.78 is 1.52. The Labute approximate surface area is 201 Å². The second-order valence-electron chi connectivity index (χ2n) is 6.66. The Hall–Kier alpha value is -3.28.